The van der Waals surface area contributed by atoms with Gasteiger partial charge in [-0.1, -0.05) is 92.5 Å². The maximum atomic E-state index is 13.8. The highest BCUT2D eigenvalue weighted by molar-refractivity contribution is 6.74. The Kier molecular flexibility index (Phi) is 8.67. The number of halogens is 2. The number of fused-ring (bicyclic) bond motifs is 1. The number of hydrogen-bond acceptors (Lipinski definition) is 3. The van der Waals surface area contributed by atoms with Crippen LogP contribution in [0.5, 0.6) is 0 Å². The Morgan fingerprint density at radius 2 is 1.69 bits per heavy atom. The third kappa shape index (κ3) is 6.34. The first-order chi connectivity index (χ1) is 19.9. The first kappa shape index (κ1) is 30.1. The second kappa shape index (κ2) is 12.1. The molecule has 0 aliphatic heterocycles. The maximum absolute atomic E-state index is 13.8. The van der Waals surface area contributed by atoms with Crippen molar-refractivity contribution in [3.8, 4) is 22.5 Å². The monoisotopic (exact) mass is 618 g/mol. The number of imidazole rings is 1. The number of nitrogens with zero attached hydrogens (tertiary/aromatic N) is 2. The predicted octanol–water partition coefficient (Wildman–Crippen LogP) is 8.81. The molecule has 0 atom stereocenters. The SMILES string of the molecule is CC(C)(C)[Si](C)(C)OCCNC(=O)c1[nH]c2cc(Cl)ccc2c1-c1c(-c2ccccc2)ncn1Cc1ccc(Cl)cc1. The molecule has 0 bridgehead atoms. The molecule has 3 aromatic carbocycles. The van der Waals surface area contributed by atoms with Crippen LogP contribution in [-0.4, -0.2) is 41.9 Å². The summed E-state index contributed by atoms with van der Waals surface area (Å²) in [6.07, 6.45) is 1.83. The van der Waals surface area contributed by atoms with Crippen LogP contribution < -0.4 is 5.32 Å². The fourth-order valence-electron chi connectivity index (χ4n) is 4.72. The van der Waals surface area contributed by atoms with E-state index in [1.54, 1.807) is 0 Å². The number of carbonyl (C=O) groups is 1. The molecule has 0 saturated heterocycles. The molecule has 0 aliphatic carbocycles. The third-order valence-electron chi connectivity index (χ3n) is 8.03. The van der Waals surface area contributed by atoms with Gasteiger partial charge in [0.1, 0.15) is 5.69 Å². The topological polar surface area (TPSA) is 71.9 Å². The lowest BCUT2D eigenvalue weighted by Gasteiger charge is -2.36. The summed E-state index contributed by atoms with van der Waals surface area (Å²) < 4.78 is 8.38. The Labute approximate surface area is 258 Å². The molecule has 5 rings (SSSR count). The van der Waals surface area contributed by atoms with Crippen molar-refractivity contribution in [1.82, 2.24) is 19.9 Å². The van der Waals surface area contributed by atoms with Crippen molar-refractivity contribution in [2.24, 2.45) is 0 Å². The van der Waals surface area contributed by atoms with Gasteiger partial charge in [-0.2, -0.15) is 0 Å². The van der Waals surface area contributed by atoms with E-state index in [1.807, 2.05) is 79.1 Å². The number of aromatic amines is 1. The minimum atomic E-state index is -1.93. The number of rotatable bonds is 9. The normalized spacial score (nSPS) is 12.2. The number of H-pyrrole nitrogens is 1. The van der Waals surface area contributed by atoms with E-state index in [9.17, 15) is 4.79 Å². The van der Waals surface area contributed by atoms with Gasteiger partial charge >= 0.3 is 0 Å². The van der Waals surface area contributed by atoms with E-state index >= 15 is 0 Å². The fraction of sp³-hybridized carbons (Fsp3) is 0.273. The summed E-state index contributed by atoms with van der Waals surface area (Å²) in [7, 11) is -1.93. The molecule has 218 valence electrons. The Morgan fingerprint density at radius 1 is 1.00 bits per heavy atom. The lowest BCUT2D eigenvalue weighted by atomic mass is 10.0. The molecule has 2 N–H and O–H groups in total. The Hall–Kier alpha value is -3.36. The molecule has 1 amide bonds. The average Bonchev–Trinajstić information content (AvgIpc) is 3.52. The van der Waals surface area contributed by atoms with E-state index < -0.39 is 8.32 Å². The zero-order valence-corrected chi connectivity index (χ0v) is 27.1. The van der Waals surface area contributed by atoms with Crippen molar-refractivity contribution in [2.45, 2.75) is 45.4 Å². The number of aromatic nitrogens is 3. The summed E-state index contributed by atoms with van der Waals surface area (Å²) in [6, 6.07) is 23.4. The van der Waals surface area contributed by atoms with Gasteiger partial charge in [-0.3, -0.25) is 4.79 Å². The van der Waals surface area contributed by atoms with Crippen LogP contribution in [0.25, 0.3) is 33.4 Å². The summed E-state index contributed by atoms with van der Waals surface area (Å²) >= 11 is 12.5. The van der Waals surface area contributed by atoms with E-state index in [0.717, 1.165) is 39.0 Å². The molecule has 0 unspecified atom stereocenters. The van der Waals surface area contributed by atoms with Crippen LogP contribution in [0.1, 0.15) is 36.8 Å². The highest BCUT2D eigenvalue weighted by atomic mass is 35.5. The summed E-state index contributed by atoms with van der Waals surface area (Å²) in [5.41, 5.74) is 5.65. The van der Waals surface area contributed by atoms with Crippen molar-refractivity contribution < 1.29 is 9.22 Å². The molecule has 5 aromatic rings. The van der Waals surface area contributed by atoms with Crippen LogP contribution in [0.4, 0.5) is 0 Å². The molecular formula is C33H36Cl2N4O2Si. The smallest absolute Gasteiger partial charge is 0.268 e. The zero-order chi connectivity index (χ0) is 30.1. The largest absolute Gasteiger partial charge is 0.415 e. The highest BCUT2D eigenvalue weighted by Gasteiger charge is 2.37. The maximum Gasteiger partial charge on any atom is 0.268 e. The van der Waals surface area contributed by atoms with Gasteiger partial charge in [0.2, 0.25) is 0 Å². The van der Waals surface area contributed by atoms with Gasteiger partial charge in [0.05, 0.1) is 24.3 Å². The first-order valence-electron chi connectivity index (χ1n) is 14.0. The van der Waals surface area contributed by atoms with Crippen LogP contribution in [0, 0.1) is 0 Å². The molecule has 9 heteroatoms. The van der Waals surface area contributed by atoms with Crippen LogP contribution in [0.15, 0.2) is 79.1 Å². The van der Waals surface area contributed by atoms with Gasteiger partial charge in [0, 0.05) is 45.2 Å². The fourth-order valence-corrected chi connectivity index (χ4v) is 6.06. The molecule has 0 radical (unpaired) electrons. The van der Waals surface area contributed by atoms with Crippen LogP contribution >= 0.6 is 23.2 Å². The van der Waals surface area contributed by atoms with Crippen LogP contribution in [0.2, 0.25) is 28.2 Å². The third-order valence-corrected chi connectivity index (χ3v) is 13.1. The number of carbonyl (C=O) groups excluding carboxylic acids is 1. The molecule has 0 fully saturated rings. The van der Waals surface area contributed by atoms with E-state index in [4.69, 9.17) is 32.6 Å². The van der Waals surface area contributed by atoms with Crippen molar-refractivity contribution in [1.29, 1.82) is 0 Å². The van der Waals surface area contributed by atoms with Gasteiger partial charge in [0.25, 0.3) is 5.91 Å². The minimum absolute atomic E-state index is 0.0942. The molecule has 6 nitrogen and oxygen atoms in total. The van der Waals surface area contributed by atoms with Crippen molar-refractivity contribution in [3.63, 3.8) is 0 Å². The summed E-state index contributed by atoms with van der Waals surface area (Å²) in [6.45, 7) is 12.4. The lowest BCUT2D eigenvalue weighted by molar-refractivity contribution is 0.0942. The van der Waals surface area contributed by atoms with Crippen molar-refractivity contribution in [3.05, 3.63) is 100 Å². The number of hydrogen-bond donors (Lipinski definition) is 2. The second-order valence-electron chi connectivity index (χ2n) is 12.0. The molecule has 2 aromatic heterocycles. The molecule has 0 spiro atoms. The summed E-state index contributed by atoms with van der Waals surface area (Å²) in [5.74, 6) is -0.214. The average molecular weight is 620 g/mol. The number of benzene rings is 3. The number of nitrogens with one attached hydrogen (secondary N) is 2. The van der Waals surface area contributed by atoms with Crippen molar-refractivity contribution >= 4 is 48.3 Å². The predicted molar refractivity (Wildman–Crippen MR) is 176 cm³/mol. The highest BCUT2D eigenvalue weighted by Crippen LogP contribution is 2.40. The Balaban J connectivity index is 1.57. The lowest BCUT2D eigenvalue weighted by Crippen LogP contribution is -2.42. The standard InChI is InChI=1S/C33H36Cl2N4O2Si/c1-33(2,3)42(4,5)41-18-17-36-32(40)30-28(26-16-15-25(35)19-27(26)38-30)31-29(23-9-7-6-8-10-23)37-21-39(31)20-22-11-13-24(34)14-12-22/h6-16,19,21,38H,17-18,20H2,1-5H3,(H,36,40). The van der Waals surface area contributed by atoms with Gasteiger partial charge in [-0.05, 0) is 48.0 Å². The molecule has 2 heterocycles. The summed E-state index contributed by atoms with van der Waals surface area (Å²) in [5, 5.41) is 5.33. The quantitative estimate of drug-likeness (QED) is 0.128. The van der Waals surface area contributed by atoms with E-state index in [1.165, 1.54) is 0 Å². The van der Waals surface area contributed by atoms with E-state index in [-0.39, 0.29) is 10.9 Å². The molecule has 0 aliphatic rings. The molecular weight excluding hydrogens is 583 g/mol. The van der Waals surface area contributed by atoms with Gasteiger partial charge in [0.15, 0.2) is 8.32 Å². The molecule has 42 heavy (non-hydrogen) atoms. The molecule has 0 saturated carbocycles. The van der Waals surface area contributed by atoms with E-state index in [0.29, 0.717) is 35.4 Å². The summed E-state index contributed by atoms with van der Waals surface area (Å²) in [4.78, 5) is 22.0. The van der Waals surface area contributed by atoms with Gasteiger partial charge in [-0.15, -0.1) is 0 Å². The van der Waals surface area contributed by atoms with Gasteiger partial charge < -0.3 is 19.3 Å². The second-order valence-corrected chi connectivity index (χ2v) is 17.7. The zero-order valence-electron chi connectivity index (χ0n) is 24.6. The minimum Gasteiger partial charge on any atom is -0.415 e. The number of amides is 1. The van der Waals surface area contributed by atoms with Crippen molar-refractivity contribution in [2.75, 3.05) is 13.2 Å². The van der Waals surface area contributed by atoms with Crippen LogP contribution in [0.3, 0.4) is 0 Å². The van der Waals surface area contributed by atoms with Gasteiger partial charge in [-0.25, -0.2) is 4.98 Å². The first-order valence-corrected chi connectivity index (χ1v) is 17.7. The van der Waals surface area contributed by atoms with E-state index in [2.05, 4.69) is 48.7 Å². The van der Waals surface area contributed by atoms with Crippen LogP contribution in [-0.2, 0) is 11.0 Å². The Bertz CT molecular complexity index is 1700. The Morgan fingerprint density at radius 3 is 2.38 bits per heavy atom.